The Balaban J connectivity index is 1.42. The molecule has 2 N–H and O–H groups in total. The van der Waals surface area contributed by atoms with E-state index in [0.717, 1.165) is 5.69 Å². The largest absolute Gasteiger partial charge is 0.459 e. The van der Waals surface area contributed by atoms with Gasteiger partial charge in [0.1, 0.15) is 6.61 Å². The summed E-state index contributed by atoms with van der Waals surface area (Å²) in [5, 5.41) is 6.09. The molecule has 3 rings (SSSR count). The lowest BCUT2D eigenvalue weighted by molar-refractivity contribution is -0.144. The van der Waals surface area contributed by atoms with E-state index in [1.54, 1.807) is 5.38 Å². The molecule has 3 aromatic rings. The normalized spacial score (nSPS) is 11.2. The van der Waals surface area contributed by atoms with Gasteiger partial charge in [0, 0.05) is 22.6 Å². The molecule has 29 heavy (non-hydrogen) atoms. The number of nitrogens with one attached hydrogen (secondary N) is 2. The molecule has 0 aliphatic heterocycles. The first-order valence-corrected chi connectivity index (χ1v) is 11.3. The lowest BCUT2D eigenvalue weighted by Gasteiger charge is -2.07. The van der Waals surface area contributed by atoms with Gasteiger partial charge in [-0.15, -0.1) is 11.3 Å². The van der Waals surface area contributed by atoms with Crippen LogP contribution in [0.4, 0.5) is 10.8 Å². The second-order valence-electron chi connectivity index (χ2n) is 5.90. The highest BCUT2D eigenvalue weighted by Crippen LogP contribution is 2.21. The van der Waals surface area contributed by atoms with E-state index in [4.69, 9.17) is 16.3 Å². The van der Waals surface area contributed by atoms with E-state index < -0.39 is 16.0 Å². The topological polar surface area (TPSA) is 97.4 Å². The Morgan fingerprint density at radius 2 is 1.83 bits per heavy atom. The van der Waals surface area contributed by atoms with E-state index in [1.165, 1.54) is 35.6 Å². The summed E-state index contributed by atoms with van der Waals surface area (Å²) in [5.41, 5.74) is 1.53. The molecule has 0 fully saturated rings. The predicted molar refractivity (Wildman–Crippen MR) is 113 cm³/mol. The number of hydrogen-bond donors (Lipinski definition) is 2. The minimum atomic E-state index is -3.70. The van der Waals surface area contributed by atoms with Crippen LogP contribution in [0.5, 0.6) is 0 Å². The van der Waals surface area contributed by atoms with Gasteiger partial charge in [-0.05, 0) is 36.4 Å². The van der Waals surface area contributed by atoms with Crippen molar-refractivity contribution in [2.75, 3.05) is 11.9 Å². The number of carbonyl (C=O) groups is 1. The second-order valence-corrected chi connectivity index (χ2v) is 8.96. The van der Waals surface area contributed by atoms with Crippen molar-refractivity contribution in [3.63, 3.8) is 0 Å². The lowest BCUT2D eigenvalue weighted by Crippen LogP contribution is -2.26. The molecule has 0 aliphatic rings. The van der Waals surface area contributed by atoms with Gasteiger partial charge in [0.05, 0.1) is 17.0 Å². The summed E-state index contributed by atoms with van der Waals surface area (Å²) in [7, 11) is -3.70. The van der Waals surface area contributed by atoms with E-state index in [-0.39, 0.29) is 24.5 Å². The Morgan fingerprint density at radius 1 is 1.10 bits per heavy atom. The molecule has 0 bridgehead atoms. The number of para-hydroxylation sites is 1. The van der Waals surface area contributed by atoms with Crippen LogP contribution in [-0.4, -0.2) is 25.9 Å². The number of hydrogen-bond acceptors (Lipinski definition) is 7. The molecule has 1 heterocycles. The first-order chi connectivity index (χ1) is 13.9. The Kier molecular flexibility index (Phi) is 7.21. The number of aromatic nitrogens is 1. The number of sulfonamides is 1. The third-order valence-electron chi connectivity index (χ3n) is 3.70. The summed E-state index contributed by atoms with van der Waals surface area (Å²) in [5.74, 6) is -0.519. The van der Waals surface area contributed by atoms with E-state index in [2.05, 4.69) is 15.0 Å². The quantitative estimate of drug-likeness (QED) is 0.478. The number of ether oxygens (including phenoxy) is 1. The molecule has 0 atom stereocenters. The van der Waals surface area contributed by atoms with Gasteiger partial charge in [-0.1, -0.05) is 29.8 Å². The van der Waals surface area contributed by atoms with Crippen molar-refractivity contribution in [1.29, 1.82) is 0 Å². The highest BCUT2D eigenvalue weighted by molar-refractivity contribution is 7.89. The van der Waals surface area contributed by atoms with Crippen LogP contribution in [0, 0.1) is 0 Å². The van der Waals surface area contributed by atoms with Crippen LogP contribution in [-0.2, 0) is 26.2 Å². The molecule has 0 radical (unpaired) electrons. The molecule has 0 saturated heterocycles. The van der Waals surface area contributed by atoms with Gasteiger partial charge in [0.2, 0.25) is 10.0 Å². The smallest absolute Gasteiger partial charge is 0.307 e. The summed E-state index contributed by atoms with van der Waals surface area (Å²) in [6.07, 6.45) is -0.0912. The number of anilines is 2. The maximum absolute atomic E-state index is 12.1. The van der Waals surface area contributed by atoms with Gasteiger partial charge in [0.25, 0.3) is 0 Å². The van der Waals surface area contributed by atoms with Crippen LogP contribution in [0.1, 0.15) is 12.1 Å². The lowest BCUT2D eigenvalue weighted by atomic mass is 10.3. The van der Waals surface area contributed by atoms with Crippen molar-refractivity contribution in [3.05, 3.63) is 70.7 Å². The number of benzene rings is 2. The Bertz CT molecular complexity index is 1050. The second kappa shape index (κ2) is 9.84. The molecular formula is C19H18ClN3O4S2. The van der Waals surface area contributed by atoms with Gasteiger partial charge in [-0.25, -0.2) is 18.1 Å². The first-order valence-electron chi connectivity index (χ1n) is 8.60. The molecule has 2 aromatic carbocycles. The highest BCUT2D eigenvalue weighted by atomic mass is 35.5. The first kappa shape index (κ1) is 21.3. The predicted octanol–water partition coefficient (Wildman–Crippen LogP) is 3.95. The molecule has 0 saturated carbocycles. The van der Waals surface area contributed by atoms with Crippen LogP contribution >= 0.6 is 22.9 Å². The van der Waals surface area contributed by atoms with Crippen molar-refractivity contribution in [2.45, 2.75) is 17.9 Å². The summed E-state index contributed by atoms with van der Waals surface area (Å²) in [4.78, 5) is 16.3. The summed E-state index contributed by atoms with van der Waals surface area (Å²) >= 11 is 7.15. The zero-order valence-electron chi connectivity index (χ0n) is 15.2. The fraction of sp³-hybridized carbons (Fsp3) is 0.158. The number of halogens is 1. The number of thiazole rings is 1. The zero-order chi connectivity index (χ0) is 20.7. The maximum Gasteiger partial charge on any atom is 0.307 e. The van der Waals surface area contributed by atoms with Crippen LogP contribution in [0.3, 0.4) is 0 Å². The SMILES string of the molecule is O=C(CCNS(=O)(=O)c1ccc(Cl)cc1)OCc1csc(Nc2ccccc2)n1. The third kappa shape index (κ3) is 6.53. The van der Waals surface area contributed by atoms with Gasteiger partial charge in [-0.3, -0.25) is 4.79 Å². The molecule has 152 valence electrons. The number of carbonyl (C=O) groups excluding carboxylic acids is 1. The molecule has 7 nitrogen and oxygen atoms in total. The molecule has 1 aromatic heterocycles. The minimum absolute atomic E-state index is 0.0235. The van der Waals surface area contributed by atoms with Crippen molar-refractivity contribution in [2.24, 2.45) is 0 Å². The Morgan fingerprint density at radius 3 is 2.55 bits per heavy atom. The monoisotopic (exact) mass is 451 g/mol. The van der Waals surface area contributed by atoms with Gasteiger partial charge in [-0.2, -0.15) is 0 Å². The maximum atomic E-state index is 12.1. The van der Waals surface area contributed by atoms with Crippen molar-refractivity contribution >= 4 is 49.7 Å². The average Bonchev–Trinajstić information content (AvgIpc) is 3.15. The molecule has 0 spiro atoms. The van der Waals surface area contributed by atoms with Crippen LogP contribution < -0.4 is 10.0 Å². The van der Waals surface area contributed by atoms with Gasteiger partial charge >= 0.3 is 5.97 Å². The molecule has 0 amide bonds. The number of rotatable bonds is 9. The molecule has 0 aliphatic carbocycles. The van der Waals surface area contributed by atoms with Crippen LogP contribution in [0.25, 0.3) is 0 Å². The van der Waals surface area contributed by atoms with Crippen molar-refractivity contribution in [1.82, 2.24) is 9.71 Å². The van der Waals surface area contributed by atoms with E-state index in [1.807, 2.05) is 30.3 Å². The minimum Gasteiger partial charge on any atom is -0.459 e. The molecule has 10 heteroatoms. The summed E-state index contributed by atoms with van der Waals surface area (Å²) in [6.45, 7) is -0.0442. The summed E-state index contributed by atoms with van der Waals surface area (Å²) in [6, 6.07) is 15.4. The zero-order valence-corrected chi connectivity index (χ0v) is 17.6. The van der Waals surface area contributed by atoms with E-state index >= 15 is 0 Å². The number of esters is 1. The average molecular weight is 452 g/mol. The van der Waals surface area contributed by atoms with Gasteiger partial charge < -0.3 is 10.1 Å². The molecule has 0 unspecified atom stereocenters. The van der Waals surface area contributed by atoms with E-state index in [9.17, 15) is 13.2 Å². The highest BCUT2D eigenvalue weighted by Gasteiger charge is 2.14. The van der Waals surface area contributed by atoms with E-state index in [0.29, 0.717) is 15.8 Å². The summed E-state index contributed by atoms with van der Waals surface area (Å²) < 4.78 is 31.8. The fourth-order valence-corrected chi connectivity index (χ4v) is 4.16. The van der Waals surface area contributed by atoms with Gasteiger partial charge in [0.15, 0.2) is 5.13 Å². The van der Waals surface area contributed by atoms with Crippen LogP contribution in [0.15, 0.2) is 64.9 Å². The standard InChI is InChI=1S/C19H18ClN3O4S2/c20-14-6-8-17(9-7-14)29(25,26)21-11-10-18(24)27-12-16-13-28-19(23-16)22-15-4-2-1-3-5-15/h1-9,13,21H,10-12H2,(H,22,23). The third-order valence-corrected chi connectivity index (χ3v) is 6.24. The molecular weight excluding hydrogens is 434 g/mol. The number of nitrogens with zero attached hydrogens (tertiary/aromatic N) is 1. The van der Waals surface area contributed by atoms with Crippen molar-refractivity contribution in [3.8, 4) is 0 Å². The van der Waals surface area contributed by atoms with Crippen LogP contribution in [0.2, 0.25) is 5.02 Å². The fourth-order valence-electron chi connectivity index (χ4n) is 2.29. The van der Waals surface area contributed by atoms with Crippen molar-refractivity contribution < 1.29 is 17.9 Å². The Hall–Kier alpha value is -2.46. The Labute approximate surface area is 177 Å².